The molecule has 6 heteroatoms. The standard InChI is InChI=1S/C15H18BrNO2S2/c1-11(13-6-4-3-5-7-13)8-9-17-21(18,19)14-10-15(16)20-12(14)2/h3-7,10-11,17H,8-9H2,1-2H3. The first kappa shape index (κ1) is 16.7. The maximum atomic E-state index is 12.3. The molecule has 0 fully saturated rings. The highest BCUT2D eigenvalue weighted by molar-refractivity contribution is 9.11. The molecule has 3 nitrogen and oxygen atoms in total. The Bertz CT molecular complexity index is 696. The quantitative estimate of drug-likeness (QED) is 0.803. The van der Waals surface area contributed by atoms with Gasteiger partial charge in [-0.3, -0.25) is 0 Å². The van der Waals surface area contributed by atoms with E-state index in [9.17, 15) is 8.42 Å². The number of hydrogen-bond acceptors (Lipinski definition) is 3. The SMILES string of the molecule is Cc1sc(Br)cc1S(=O)(=O)NCCC(C)c1ccccc1. The van der Waals surface area contributed by atoms with Gasteiger partial charge in [-0.05, 0) is 46.8 Å². The summed E-state index contributed by atoms with van der Waals surface area (Å²) in [6, 6.07) is 11.8. The van der Waals surface area contributed by atoms with E-state index in [0.717, 1.165) is 15.1 Å². The Kier molecular flexibility index (Phi) is 5.60. The molecular formula is C15H18BrNO2S2. The molecule has 0 bridgehead atoms. The van der Waals surface area contributed by atoms with Crippen molar-refractivity contribution in [2.24, 2.45) is 0 Å². The van der Waals surface area contributed by atoms with Crippen LogP contribution in [0.1, 0.15) is 29.7 Å². The molecule has 1 aromatic carbocycles. The molecule has 1 aromatic heterocycles. The fourth-order valence-corrected chi connectivity index (χ4v) is 5.59. The van der Waals surface area contributed by atoms with Gasteiger partial charge in [-0.2, -0.15) is 0 Å². The molecule has 1 N–H and O–H groups in total. The molecule has 0 saturated heterocycles. The van der Waals surface area contributed by atoms with Gasteiger partial charge in [0.05, 0.1) is 8.68 Å². The molecule has 2 rings (SSSR count). The Balaban J connectivity index is 1.95. The highest BCUT2D eigenvalue weighted by atomic mass is 79.9. The predicted octanol–water partition coefficient (Wildman–Crippen LogP) is 4.29. The molecule has 1 heterocycles. The van der Waals surface area contributed by atoms with Gasteiger partial charge in [0.25, 0.3) is 0 Å². The second kappa shape index (κ2) is 7.05. The van der Waals surface area contributed by atoms with Crippen LogP contribution in [0.4, 0.5) is 0 Å². The minimum atomic E-state index is -3.42. The van der Waals surface area contributed by atoms with Crippen LogP contribution in [-0.4, -0.2) is 15.0 Å². The number of hydrogen-bond donors (Lipinski definition) is 1. The largest absolute Gasteiger partial charge is 0.241 e. The third-order valence-electron chi connectivity index (χ3n) is 3.37. The van der Waals surface area contributed by atoms with Crippen LogP contribution in [0.5, 0.6) is 0 Å². The maximum Gasteiger partial charge on any atom is 0.241 e. The average Bonchev–Trinajstić information content (AvgIpc) is 2.79. The van der Waals surface area contributed by atoms with E-state index in [1.54, 1.807) is 6.07 Å². The van der Waals surface area contributed by atoms with Crippen molar-refractivity contribution >= 4 is 37.3 Å². The van der Waals surface area contributed by atoms with Crippen LogP contribution in [0.15, 0.2) is 45.1 Å². The second-order valence-electron chi connectivity index (χ2n) is 4.97. The second-order valence-corrected chi connectivity index (χ2v) is 9.34. The van der Waals surface area contributed by atoms with Gasteiger partial charge in [0, 0.05) is 11.4 Å². The molecule has 21 heavy (non-hydrogen) atoms. The fraction of sp³-hybridized carbons (Fsp3) is 0.333. The molecule has 1 unspecified atom stereocenters. The highest BCUT2D eigenvalue weighted by Gasteiger charge is 2.19. The van der Waals surface area contributed by atoms with Crippen LogP contribution in [0.25, 0.3) is 0 Å². The molecule has 114 valence electrons. The van der Waals surface area contributed by atoms with Crippen molar-refractivity contribution in [3.8, 4) is 0 Å². The maximum absolute atomic E-state index is 12.3. The number of thiophene rings is 1. The Morgan fingerprint density at radius 2 is 1.95 bits per heavy atom. The summed E-state index contributed by atoms with van der Waals surface area (Å²) in [5, 5.41) is 0. The van der Waals surface area contributed by atoms with Crippen molar-refractivity contribution in [3.63, 3.8) is 0 Å². The van der Waals surface area contributed by atoms with Crippen molar-refractivity contribution in [3.05, 3.63) is 50.6 Å². The topological polar surface area (TPSA) is 46.2 Å². The van der Waals surface area contributed by atoms with E-state index in [-0.39, 0.29) is 0 Å². The van der Waals surface area contributed by atoms with Gasteiger partial charge < -0.3 is 0 Å². The van der Waals surface area contributed by atoms with Crippen molar-refractivity contribution in [2.75, 3.05) is 6.54 Å². The molecule has 0 aliphatic rings. The summed E-state index contributed by atoms with van der Waals surface area (Å²) in [4.78, 5) is 1.16. The number of aryl methyl sites for hydroxylation is 1. The number of halogens is 1. The molecule has 0 aliphatic heterocycles. The van der Waals surface area contributed by atoms with Crippen LogP contribution < -0.4 is 4.72 Å². The van der Waals surface area contributed by atoms with Gasteiger partial charge in [0.1, 0.15) is 0 Å². The van der Waals surface area contributed by atoms with E-state index in [1.807, 2.05) is 25.1 Å². The molecule has 1 atom stereocenters. The lowest BCUT2D eigenvalue weighted by Gasteiger charge is -2.12. The Morgan fingerprint density at radius 3 is 2.52 bits per heavy atom. The normalized spacial score (nSPS) is 13.3. The predicted molar refractivity (Wildman–Crippen MR) is 91.4 cm³/mol. The molecule has 0 amide bonds. The minimum absolute atomic E-state index is 0.323. The van der Waals surface area contributed by atoms with Crippen LogP contribution in [-0.2, 0) is 10.0 Å². The summed E-state index contributed by atoms with van der Waals surface area (Å²) in [5.41, 5.74) is 1.23. The fourth-order valence-electron chi connectivity index (χ4n) is 2.13. The van der Waals surface area contributed by atoms with E-state index in [0.29, 0.717) is 17.4 Å². The van der Waals surface area contributed by atoms with Crippen LogP contribution in [0, 0.1) is 6.92 Å². The smallest absolute Gasteiger partial charge is 0.211 e. The lowest BCUT2D eigenvalue weighted by atomic mass is 9.98. The third kappa shape index (κ3) is 4.39. The molecule has 0 radical (unpaired) electrons. The van der Waals surface area contributed by atoms with Gasteiger partial charge in [-0.15, -0.1) is 11.3 Å². The average molecular weight is 388 g/mol. The molecule has 0 spiro atoms. The van der Waals surface area contributed by atoms with E-state index in [2.05, 4.69) is 39.7 Å². The minimum Gasteiger partial charge on any atom is -0.211 e. The Morgan fingerprint density at radius 1 is 1.29 bits per heavy atom. The van der Waals surface area contributed by atoms with Gasteiger partial charge in [0.2, 0.25) is 10.0 Å². The van der Waals surface area contributed by atoms with E-state index in [4.69, 9.17) is 0 Å². The van der Waals surface area contributed by atoms with E-state index < -0.39 is 10.0 Å². The van der Waals surface area contributed by atoms with E-state index in [1.165, 1.54) is 16.9 Å². The summed E-state index contributed by atoms with van der Waals surface area (Å²) in [6.07, 6.45) is 0.771. The van der Waals surface area contributed by atoms with Gasteiger partial charge in [-0.1, -0.05) is 37.3 Å². The zero-order valence-corrected chi connectivity index (χ0v) is 15.2. The molecule has 0 saturated carbocycles. The first-order valence-corrected chi connectivity index (χ1v) is 9.80. The number of nitrogens with one attached hydrogen (secondary N) is 1. The lowest BCUT2D eigenvalue weighted by molar-refractivity contribution is 0.572. The van der Waals surface area contributed by atoms with Crippen molar-refractivity contribution in [1.82, 2.24) is 4.72 Å². The lowest BCUT2D eigenvalue weighted by Crippen LogP contribution is -2.25. The van der Waals surface area contributed by atoms with E-state index >= 15 is 0 Å². The molecule has 2 aromatic rings. The highest BCUT2D eigenvalue weighted by Crippen LogP contribution is 2.29. The van der Waals surface area contributed by atoms with Gasteiger partial charge >= 0.3 is 0 Å². The van der Waals surface area contributed by atoms with Crippen molar-refractivity contribution < 1.29 is 8.42 Å². The van der Waals surface area contributed by atoms with Crippen LogP contribution in [0.2, 0.25) is 0 Å². The monoisotopic (exact) mass is 387 g/mol. The first-order chi connectivity index (χ1) is 9.90. The molecule has 0 aliphatic carbocycles. The Labute approximate surface area is 138 Å². The van der Waals surface area contributed by atoms with Gasteiger partial charge in [0.15, 0.2) is 0 Å². The van der Waals surface area contributed by atoms with Crippen molar-refractivity contribution in [2.45, 2.75) is 31.1 Å². The van der Waals surface area contributed by atoms with Crippen LogP contribution >= 0.6 is 27.3 Å². The summed E-state index contributed by atoms with van der Waals surface area (Å²) in [5.74, 6) is 0.323. The molecular weight excluding hydrogens is 370 g/mol. The number of rotatable bonds is 6. The number of benzene rings is 1. The summed E-state index contributed by atoms with van der Waals surface area (Å²) in [7, 11) is -3.42. The number of sulfonamides is 1. The van der Waals surface area contributed by atoms with Crippen molar-refractivity contribution in [1.29, 1.82) is 0 Å². The zero-order chi connectivity index (χ0) is 15.5. The first-order valence-electron chi connectivity index (χ1n) is 6.70. The van der Waals surface area contributed by atoms with Crippen LogP contribution in [0.3, 0.4) is 0 Å². The Hall–Kier alpha value is -0.690. The third-order valence-corrected chi connectivity index (χ3v) is 6.64. The summed E-state index contributed by atoms with van der Waals surface area (Å²) < 4.78 is 28.0. The summed E-state index contributed by atoms with van der Waals surface area (Å²) >= 11 is 4.75. The zero-order valence-electron chi connectivity index (χ0n) is 12.0. The summed E-state index contributed by atoms with van der Waals surface area (Å²) in [6.45, 7) is 4.36. The van der Waals surface area contributed by atoms with Gasteiger partial charge in [-0.25, -0.2) is 13.1 Å².